The highest BCUT2D eigenvalue weighted by atomic mass is 35.5. The van der Waals surface area contributed by atoms with E-state index in [1.54, 1.807) is 48.5 Å². The average Bonchev–Trinajstić information content (AvgIpc) is 2.71. The quantitative estimate of drug-likeness (QED) is 0.515. The first kappa shape index (κ1) is 22.0. The number of amides is 1. The van der Waals surface area contributed by atoms with Gasteiger partial charge in [0.25, 0.3) is 10.0 Å². The molecule has 3 aromatic carbocycles. The first-order valence-electron chi connectivity index (χ1n) is 8.78. The van der Waals surface area contributed by atoms with Crippen LogP contribution in [0.1, 0.15) is 5.56 Å². The smallest absolute Gasteiger partial charge is 0.262 e. The third-order valence-electron chi connectivity index (χ3n) is 4.15. The monoisotopic (exact) mass is 464 g/mol. The zero-order valence-corrected chi connectivity index (χ0v) is 18.2. The Hall–Kier alpha value is -2.74. The van der Waals surface area contributed by atoms with Gasteiger partial charge < -0.3 is 10.1 Å². The van der Waals surface area contributed by atoms with Crippen LogP contribution < -0.4 is 14.8 Å². The third-order valence-corrected chi connectivity index (χ3v) is 6.10. The van der Waals surface area contributed by atoms with Crippen molar-refractivity contribution in [2.45, 2.75) is 11.3 Å². The maximum absolute atomic E-state index is 12.8. The fraction of sp³-hybridized carbons (Fsp3) is 0.0952. The lowest BCUT2D eigenvalue weighted by Crippen LogP contribution is -2.17. The number of sulfonamides is 1. The number of halogens is 2. The molecular formula is C21H18Cl2N2O4S. The number of para-hydroxylation sites is 1. The largest absolute Gasteiger partial charge is 0.495 e. The predicted molar refractivity (Wildman–Crippen MR) is 119 cm³/mol. The Kier molecular flexibility index (Phi) is 6.87. The normalized spacial score (nSPS) is 11.0. The summed E-state index contributed by atoms with van der Waals surface area (Å²) in [5.41, 5.74) is 1.25. The predicted octanol–water partition coefficient (Wildman–Crippen LogP) is 4.98. The van der Waals surface area contributed by atoms with Crippen molar-refractivity contribution in [1.29, 1.82) is 0 Å². The maximum atomic E-state index is 12.8. The van der Waals surface area contributed by atoms with Crippen molar-refractivity contribution >= 4 is 50.5 Å². The van der Waals surface area contributed by atoms with E-state index in [2.05, 4.69) is 10.0 Å². The van der Waals surface area contributed by atoms with Crippen LogP contribution in [0.3, 0.4) is 0 Å². The van der Waals surface area contributed by atoms with Crippen molar-refractivity contribution in [2.75, 3.05) is 17.1 Å². The molecule has 0 spiro atoms. The van der Waals surface area contributed by atoms with Gasteiger partial charge in [0.05, 0.1) is 34.8 Å². The fourth-order valence-electron chi connectivity index (χ4n) is 2.68. The van der Waals surface area contributed by atoms with Crippen LogP contribution in [-0.4, -0.2) is 21.4 Å². The molecule has 3 rings (SSSR count). The van der Waals surface area contributed by atoms with Crippen molar-refractivity contribution in [3.05, 3.63) is 82.3 Å². The van der Waals surface area contributed by atoms with Gasteiger partial charge in [-0.25, -0.2) is 8.42 Å². The van der Waals surface area contributed by atoms with E-state index in [4.69, 9.17) is 27.9 Å². The van der Waals surface area contributed by atoms with E-state index in [0.717, 1.165) is 5.56 Å². The van der Waals surface area contributed by atoms with Crippen molar-refractivity contribution in [1.82, 2.24) is 0 Å². The number of benzene rings is 3. The minimum absolute atomic E-state index is 0.0509. The summed E-state index contributed by atoms with van der Waals surface area (Å²) in [6.45, 7) is 0. The standard InChI is InChI=1S/C21H18Cl2N2O4S/c1-29-20-11-10-16(30(27,28)25-18-5-3-2-4-17(18)23)13-19(20)24-21(26)12-14-6-8-15(22)9-7-14/h2-11,13,25H,12H2,1H3,(H,24,26). The van der Waals surface area contributed by atoms with Crippen LogP contribution in [0.25, 0.3) is 0 Å². The highest BCUT2D eigenvalue weighted by Crippen LogP contribution is 2.30. The van der Waals surface area contributed by atoms with Gasteiger partial charge in [0.1, 0.15) is 5.75 Å². The molecule has 0 aromatic heterocycles. The number of nitrogens with one attached hydrogen (secondary N) is 2. The highest BCUT2D eigenvalue weighted by Gasteiger charge is 2.19. The van der Waals surface area contributed by atoms with E-state index >= 15 is 0 Å². The number of carbonyl (C=O) groups is 1. The van der Waals surface area contributed by atoms with E-state index in [1.165, 1.54) is 25.3 Å². The van der Waals surface area contributed by atoms with Crippen molar-refractivity contribution < 1.29 is 17.9 Å². The Morgan fingerprint density at radius 2 is 1.67 bits per heavy atom. The van der Waals surface area contributed by atoms with E-state index in [0.29, 0.717) is 10.8 Å². The lowest BCUT2D eigenvalue weighted by atomic mass is 10.1. The second-order valence-corrected chi connectivity index (χ2v) is 8.82. The van der Waals surface area contributed by atoms with Crippen LogP contribution in [-0.2, 0) is 21.2 Å². The van der Waals surface area contributed by atoms with Crippen LogP contribution in [0.15, 0.2) is 71.6 Å². The summed E-state index contributed by atoms with van der Waals surface area (Å²) in [6, 6.07) is 17.6. The molecule has 0 unspecified atom stereocenters. The van der Waals surface area contributed by atoms with Gasteiger partial charge in [0.2, 0.25) is 5.91 Å². The van der Waals surface area contributed by atoms with Gasteiger partial charge >= 0.3 is 0 Å². The number of hydrogen-bond acceptors (Lipinski definition) is 4. The minimum Gasteiger partial charge on any atom is -0.495 e. The van der Waals surface area contributed by atoms with Gasteiger partial charge in [-0.05, 0) is 48.0 Å². The molecule has 30 heavy (non-hydrogen) atoms. The van der Waals surface area contributed by atoms with Crippen molar-refractivity contribution in [3.8, 4) is 5.75 Å². The van der Waals surface area contributed by atoms with E-state index in [-0.39, 0.29) is 33.6 Å². The summed E-state index contributed by atoms with van der Waals surface area (Å²) in [4.78, 5) is 12.4. The zero-order chi connectivity index (χ0) is 21.7. The summed E-state index contributed by atoms with van der Waals surface area (Å²) in [7, 11) is -2.51. The molecule has 9 heteroatoms. The van der Waals surface area contributed by atoms with Crippen molar-refractivity contribution in [3.63, 3.8) is 0 Å². The highest BCUT2D eigenvalue weighted by molar-refractivity contribution is 7.92. The lowest BCUT2D eigenvalue weighted by molar-refractivity contribution is -0.115. The molecule has 0 bridgehead atoms. The molecular weight excluding hydrogens is 447 g/mol. The van der Waals surface area contributed by atoms with Crippen LogP contribution in [0.2, 0.25) is 10.0 Å². The van der Waals surface area contributed by atoms with Crippen LogP contribution in [0, 0.1) is 0 Å². The summed E-state index contributed by atoms with van der Waals surface area (Å²) < 4.78 is 33.2. The molecule has 0 aliphatic heterocycles. The molecule has 3 aromatic rings. The first-order valence-corrected chi connectivity index (χ1v) is 11.0. The number of carbonyl (C=O) groups excluding carboxylic acids is 1. The second kappa shape index (κ2) is 9.38. The SMILES string of the molecule is COc1ccc(S(=O)(=O)Nc2ccccc2Cl)cc1NC(=O)Cc1ccc(Cl)cc1. The molecule has 1 amide bonds. The maximum Gasteiger partial charge on any atom is 0.262 e. The Labute approximate surface area is 184 Å². The molecule has 0 saturated heterocycles. The molecule has 6 nitrogen and oxygen atoms in total. The minimum atomic E-state index is -3.94. The summed E-state index contributed by atoms with van der Waals surface area (Å²) in [5, 5.41) is 3.54. The molecule has 0 atom stereocenters. The van der Waals surface area contributed by atoms with E-state index in [9.17, 15) is 13.2 Å². The number of methoxy groups -OCH3 is 1. The molecule has 0 radical (unpaired) electrons. The second-order valence-electron chi connectivity index (χ2n) is 6.30. The van der Waals surface area contributed by atoms with Gasteiger partial charge in [-0.15, -0.1) is 0 Å². The molecule has 2 N–H and O–H groups in total. The van der Waals surface area contributed by atoms with Crippen LogP contribution >= 0.6 is 23.2 Å². The zero-order valence-electron chi connectivity index (χ0n) is 15.9. The molecule has 0 fully saturated rings. The number of rotatable bonds is 7. The van der Waals surface area contributed by atoms with Gasteiger partial charge in [-0.3, -0.25) is 9.52 Å². The van der Waals surface area contributed by atoms with Crippen LogP contribution in [0.5, 0.6) is 5.75 Å². The Morgan fingerprint density at radius 3 is 2.33 bits per heavy atom. The molecule has 0 heterocycles. The van der Waals surface area contributed by atoms with E-state index in [1.807, 2.05) is 0 Å². The summed E-state index contributed by atoms with van der Waals surface area (Å²) in [5.74, 6) is 0.000355. The van der Waals surface area contributed by atoms with Gasteiger partial charge in [-0.1, -0.05) is 47.5 Å². The fourth-order valence-corrected chi connectivity index (χ4v) is 4.15. The first-order chi connectivity index (χ1) is 14.3. The van der Waals surface area contributed by atoms with Gasteiger partial charge in [-0.2, -0.15) is 0 Å². The number of hydrogen-bond donors (Lipinski definition) is 2. The number of ether oxygens (including phenoxy) is 1. The summed E-state index contributed by atoms with van der Waals surface area (Å²) >= 11 is 11.9. The topological polar surface area (TPSA) is 84.5 Å². The van der Waals surface area contributed by atoms with Gasteiger partial charge in [0, 0.05) is 5.02 Å². The Bertz CT molecular complexity index is 1170. The summed E-state index contributed by atoms with van der Waals surface area (Å²) in [6.07, 6.45) is 0.0924. The molecule has 0 aliphatic carbocycles. The van der Waals surface area contributed by atoms with Crippen molar-refractivity contribution in [2.24, 2.45) is 0 Å². The molecule has 156 valence electrons. The van der Waals surface area contributed by atoms with Crippen LogP contribution in [0.4, 0.5) is 11.4 Å². The lowest BCUT2D eigenvalue weighted by Gasteiger charge is -2.14. The number of anilines is 2. The third kappa shape index (κ3) is 5.44. The van der Waals surface area contributed by atoms with Gasteiger partial charge in [0.15, 0.2) is 0 Å². The Balaban J connectivity index is 1.83. The average molecular weight is 465 g/mol. The molecule has 0 aliphatic rings. The van der Waals surface area contributed by atoms with E-state index < -0.39 is 10.0 Å². The molecule has 0 saturated carbocycles. The Morgan fingerprint density at radius 1 is 0.967 bits per heavy atom.